The SMILES string of the molecule is CC(OP(=O)=O)C(N)C(=O)O. The number of hydrogen-bond acceptors (Lipinski definition) is 5. The summed E-state index contributed by atoms with van der Waals surface area (Å²) in [4.78, 5) is 10.1. The summed E-state index contributed by atoms with van der Waals surface area (Å²) in [5.41, 5.74) is 5.02. The molecule has 0 amide bonds. The van der Waals surface area contributed by atoms with Crippen LogP contribution in [0.3, 0.4) is 0 Å². The zero-order valence-electron chi connectivity index (χ0n) is 5.76. The summed E-state index contributed by atoms with van der Waals surface area (Å²) in [6.07, 6.45) is -1.03. The van der Waals surface area contributed by atoms with Crippen LogP contribution in [0.15, 0.2) is 0 Å². The fourth-order valence-corrected chi connectivity index (χ4v) is 0.805. The highest BCUT2D eigenvalue weighted by Gasteiger charge is 2.21. The van der Waals surface area contributed by atoms with Gasteiger partial charge in [-0.2, -0.15) is 0 Å². The molecule has 0 heterocycles. The van der Waals surface area contributed by atoms with Gasteiger partial charge in [0.05, 0.1) is 6.10 Å². The van der Waals surface area contributed by atoms with Crippen molar-refractivity contribution in [2.24, 2.45) is 5.73 Å². The maximum absolute atomic E-state index is 10.1. The largest absolute Gasteiger partial charge is 0.480 e. The number of carboxylic acids is 1. The standard InChI is InChI=1S/C4H8NO5P/c1-2(10-11(8)9)3(5)4(6)7/h2-3H,5H2,1H3,(H,6,7). The molecule has 0 fully saturated rings. The summed E-state index contributed by atoms with van der Waals surface area (Å²) in [6.45, 7) is 1.27. The van der Waals surface area contributed by atoms with Gasteiger partial charge in [0.2, 0.25) is 0 Å². The van der Waals surface area contributed by atoms with Crippen LogP contribution in [-0.4, -0.2) is 23.2 Å². The minimum Gasteiger partial charge on any atom is -0.480 e. The zero-order valence-corrected chi connectivity index (χ0v) is 6.65. The van der Waals surface area contributed by atoms with Gasteiger partial charge in [-0.1, -0.05) is 0 Å². The predicted molar refractivity (Wildman–Crippen MR) is 34.5 cm³/mol. The van der Waals surface area contributed by atoms with E-state index in [1.165, 1.54) is 6.92 Å². The maximum Gasteiger partial charge on any atom is 0.468 e. The van der Waals surface area contributed by atoms with Crippen molar-refractivity contribution in [3.63, 3.8) is 0 Å². The molecular formula is C4H8NO5P. The first-order chi connectivity index (χ1) is 4.95. The minimum absolute atomic E-state index is 1.03. The van der Waals surface area contributed by atoms with Crippen molar-refractivity contribution in [2.75, 3.05) is 0 Å². The molecule has 2 unspecified atom stereocenters. The lowest BCUT2D eigenvalue weighted by Crippen LogP contribution is -2.40. The van der Waals surface area contributed by atoms with E-state index in [4.69, 9.17) is 10.8 Å². The Kier molecular flexibility index (Phi) is 3.95. The lowest BCUT2D eigenvalue weighted by Gasteiger charge is -2.10. The van der Waals surface area contributed by atoms with Gasteiger partial charge >= 0.3 is 13.9 Å². The molecule has 7 heteroatoms. The number of aliphatic carboxylic acids is 1. The van der Waals surface area contributed by atoms with Crippen molar-refractivity contribution >= 4 is 13.9 Å². The molecule has 0 bridgehead atoms. The Labute approximate surface area is 63.2 Å². The highest BCUT2D eigenvalue weighted by Crippen LogP contribution is 2.11. The van der Waals surface area contributed by atoms with Crippen LogP contribution in [0.1, 0.15) is 6.92 Å². The van der Waals surface area contributed by atoms with Crippen LogP contribution in [0.25, 0.3) is 0 Å². The summed E-state index contributed by atoms with van der Waals surface area (Å²) in [7, 11) is -3.04. The third-order valence-electron chi connectivity index (χ3n) is 1.04. The van der Waals surface area contributed by atoms with E-state index >= 15 is 0 Å². The van der Waals surface area contributed by atoms with E-state index in [2.05, 4.69) is 4.52 Å². The molecule has 0 radical (unpaired) electrons. The second-order valence-electron chi connectivity index (χ2n) is 1.90. The molecule has 2 atom stereocenters. The molecule has 3 N–H and O–H groups in total. The molecule has 0 spiro atoms. The lowest BCUT2D eigenvalue weighted by atomic mass is 10.2. The van der Waals surface area contributed by atoms with Crippen LogP contribution in [0, 0.1) is 0 Å². The van der Waals surface area contributed by atoms with Gasteiger partial charge < -0.3 is 10.8 Å². The topological polar surface area (TPSA) is 107 Å². The number of hydrogen-bond donors (Lipinski definition) is 2. The average Bonchev–Trinajstić information content (AvgIpc) is 1.84. The Balaban J connectivity index is 4.02. The van der Waals surface area contributed by atoms with Gasteiger partial charge in [-0.3, -0.25) is 9.32 Å². The van der Waals surface area contributed by atoms with E-state index in [0.717, 1.165) is 0 Å². The molecule has 0 saturated carbocycles. The summed E-state index contributed by atoms with van der Waals surface area (Å²) in [5, 5.41) is 8.26. The Hall–Kier alpha value is -0.710. The Bertz CT molecular complexity index is 205. The van der Waals surface area contributed by atoms with Crippen molar-refractivity contribution in [2.45, 2.75) is 19.1 Å². The molecule has 0 aliphatic rings. The van der Waals surface area contributed by atoms with Crippen molar-refractivity contribution in [3.8, 4) is 0 Å². The van der Waals surface area contributed by atoms with Crippen molar-refractivity contribution in [1.29, 1.82) is 0 Å². The monoisotopic (exact) mass is 181 g/mol. The van der Waals surface area contributed by atoms with Crippen LogP contribution in [0.5, 0.6) is 0 Å². The molecule has 0 aromatic carbocycles. The van der Waals surface area contributed by atoms with E-state index in [1.807, 2.05) is 0 Å². The number of nitrogens with two attached hydrogens (primary N) is 1. The Morgan fingerprint density at radius 3 is 2.36 bits per heavy atom. The van der Waals surface area contributed by atoms with Crippen LogP contribution in [0.2, 0.25) is 0 Å². The second kappa shape index (κ2) is 4.23. The van der Waals surface area contributed by atoms with E-state index < -0.39 is 26.0 Å². The van der Waals surface area contributed by atoms with Crippen LogP contribution < -0.4 is 5.73 Å². The number of carbonyl (C=O) groups is 1. The van der Waals surface area contributed by atoms with Gasteiger partial charge in [-0.15, -0.1) is 0 Å². The molecule has 0 rings (SSSR count). The highest BCUT2D eigenvalue weighted by molar-refractivity contribution is 7.24. The second-order valence-corrected chi connectivity index (χ2v) is 2.56. The summed E-state index contributed by atoms with van der Waals surface area (Å²) in [5.74, 6) is -1.30. The first-order valence-electron chi connectivity index (χ1n) is 2.74. The lowest BCUT2D eigenvalue weighted by molar-refractivity contribution is -0.140. The van der Waals surface area contributed by atoms with Crippen molar-refractivity contribution in [3.05, 3.63) is 0 Å². The third kappa shape index (κ3) is 3.87. The van der Waals surface area contributed by atoms with Gasteiger partial charge in [-0.25, -0.2) is 9.13 Å². The van der Waals surface area contributed by atoms with E-state index in [0.29, 0.717) is 0 Å². The molecule has 0 saturated heterocycles. The highest BCUT2D eigenvalue weighted by atomic mass is 31.1. The van der Waals surface area contributed by atoms with Gasteiger partial charge in [0.1, 0.15) is 6.04 Å². The van der Waals surface area contributed by atoms with Gasteiger partial charge in [0.25, 0.3) is 0 Å². The molecule has 6 nitrogen and oxygen atoms in total. The zero-order chi connectivity index (χ0) is 9.02. The Morgan fingerprint density at radius 2 is 2.09 bits per heavy atom. The third-order valence-corrected chi connectivity index (χ3v) is 1.55. The van der Waals surface area contributed by atoms with Gasteiger partial charge in [0.15, 0.2) is 0 Å². The van der Waals surface area contributed by atoms with Crippen molar-refractivity contribution in [1.82, 2.24) is 0 Å². The molecule has 0 aromatic rings. The predicted octanol–water partition coefficient (Wildman–Crippen LogP) is -0.109. The Morgan fingerprint density at radius 1 is 1.64 bits per heavy atom. The summed E-state index contributed by atoms with van der Waals surface area (Å²) in [6, 6.07) is -1.32. The molecule has 0 aliphatic heterocycles. The molecular weight excluding hydrogens is 173 g/mol. The minimum atomic E-state index is -3.04. The average molecular weight is 181 g/mol. The first kappa shape index (κ1) is 10.3. The summed E-state index contributed by atoms with van der Waals surface area (Å²) >= 11 is 0. The fraction of sp³-hybridized carbons (Fsp3) is 0.750. The van der Waals surface area contributed by atoms with Crippen LogP contribution in [0.4, 0.5) is 0 Å². The normalized spacial score (nSPS) is 15.5. The van der Waals surface area contributed by atoms with Crippen LogP contribution >= 0.6 is 7.91 Å². The molecule has 64 valence electrons. The quantitative estimate of drug-likeness (QED) is 0.586. The first-order valence-corrected chi connectivity index (χ1v) is 3.84. The van der Waals surface area contributed by atoms with E-state index in [9.17, 15) is 13.9 Å². The van der Waals surface area contributed by atoms with Gasteiger partial charge in [-0.05, 0) is 6.92 Å². The molecule has 0 aromatic heterocycles. The number of rotatable bonds is 4. The van der Waals surface area contributed by atoms with E-state index in [-0.39, 0.29) is 0 Å². The molecule has 0 aliphatic carbocycles. The van der Waals surface area contributed by atoms with Crippen LogP contribution in [-0.2, 0) is 18.4 Å². The fourth-order valence-electron chi connectivity index (χ4n) is 0.402. The van der Waals surface area contributed by atoms with E-state index in [1.54, 1.807) is 0 Å². The maximum atomic E-state index is 10.1. The van der Waals surface area contributed by atoms with Crippen molar-refractivity contribution < 1.29 is 23.6 Å². The van der Waals surface area contributed by atoms with Gasteiger partial charge in [0, 0.05) is 0 Å². The molecule has 11 heavy (non-hydrogen) atoms. The number of carboxylic acid groups (broad SMARTS) is 1. The summed E-state index contributed by atoms with van der Waals surface area (Å²) < 4.78 is 23.9. The smallest absolute Gasteiger partial charge is 0.468 e.